The molecule has 39 heavy (non-hydrogen) atoms. The average Bonchev–Trinajstić information content (AvgIpc) is 2.88. The second-order valence-electron chi connectivity index (χ2n) is 9.46. The van der Waals surface area contributed by atoms with E-state index in [1.807, 2.05) is 6.92 Å². The number of sulfonamides is 1. The van der Waals surface area contributed by atoms with Crippen LogP contribution in [0, 0.1) is 17.6 Å². The molecule has 1 saturated carbocycles. The van der Waals surface area contributed by atoms with Crippen LogP contribution in [0.3, 0.4) is 0 Å². The maximum atomic E-state index is 15.0. The van der Waals surface area contributed by atoms with Crippen LogP contribution in [0.4, 0.5) is 14.5 Å². The predicted molar refractivity (Wildman–Crippen MR) is 147 cm³/mol. The zero-order valence-corrected chi connectivity index (χ0v) is 23.4. The summed E-state index contributed by atoms with van der Waals surface area (Å²) >= 11 is 5.95. The molecular formula is C29H31ClF2N2O4S. The quantitative estimate of drug-likeness (QED) is 0.258. The molecule has 0 aromatic heterocycles. The lowest BCUT2D eigenvalue weighted by atomic mass is 9.84. The van der Waals surface area contributed by atoms with Gasteiger partial charge < -0.3 is 9.64 Å². The first-order valence-corrected chi connectivity index (χ1v) is 14.7. The number of ether oxygens (including phenoxy) is 1. The van der Waals surface area contributed by atoms with Crippen LogP contribution in [0.15, 0.2) is 71.6 Å². The molecule has 0 heterocycles. The van der Waals surface area contributed by atoms with Crippen LogP contribution in [0.25, 0.3) is 0 Å². The van der Waals surface area contributed by atoms with Crippen molar-refractivity contribution < 1.29 is 26.7 Å². The first-order chi connectivity index (χ1) is 18.6. The Bertz CT molecular complexity index is 1420. The van der Waals surface area contributed by atoms with Crippen LogP contribution in [0.5, 0.6) is 5.75 Å². The molecule has 6 nitrogen and oxygen atoms in total. The van der Waals surface area contributed by atoms with Gasteiger partial charge in [0.1, 0.15) is 24.0 Å². The number of hydrogen-bond acceptors (Lipinski definition) is 4. The molecule has 3 aromatic rings. The summed E-state index contributed by atoms with van der Waals surface area (Å²) in [6.07, 6.45) is 2.88. The van der Waals surface area contributed by atoms with Crippen molar-refractivity contribution in [2.45, 2.75) is 44.0 Å². The van der Waals surface area contributed by atoms with Gasteiger partial charge in [-0.2, -0.15) is 0 Å². The molecule has 0 radical (unpaired) electrons. The number of para-hydroxylation sites is 1. The zero-order valence-electron chi connectivity index (χ0n) is 21.8. The highest BCUT2D eigenvalue weighted by molar-refractivity contribution is 7.92. The monoisotopic (exact) mass is 576 g/mol. The number of rotatable bonds is 11. The number of amides is 1. The Balaban J connectivity index is 1.66. The molecule has 1 unspecified atom stereocenters. The summed E-state index contributed by atoms with van der Waals surface area (Å²) in [5.74, 6) is -1.10. The van der Waals surface area contributed by atoms with E-state index in [9.17, 15) is 17.6 Å². The van der Waals surface area contributed by atoms with Crippen LogP contribution in [0.1, 0.15) is 44.7 Å². The molecule has 0 spiro atoms. The Morgan fingerprint density at radius 1 is 1.08 bits per heavy atom. The number of anilines is 1. The smallest absolute Gasteiger partial charge is 0.264 e. The highest BCUT2D eigenvalue weighted by Crippen LogP contribution is 2.38. The third-order valence-corrected chi connectivity index (χ3v) is 9.15. The van der Waals surface area contributed by atoms with Gasteiger partial charge >= 0.3 is 0 Å². The topological polar surface area (TPSA) is 66.9 Å². The van der Waals surface area contributed by atoms with Crippen LogP contribution in [0.2, 0.25) is 5.02 Å². The lowest BCUT2D eigenvalue weighted by Gasteiger charge is -2.32. The van der Waals surface area contributed by atoms with Gasteiger partial charge in [-0.1, -0.05) is 36.2 Å². The summed E-state index contributed by atoms with van der Waals surface area (Å²) < 4.78 is 63.9. The standard InChI is InChI=1S/C29H31ClF2N2O4S/c1-3-33(29(35)21-7-6-8-21)17-18-38-28-10-5-4-9-25(28)20(2)34(27-19-23(31)13-16-26(27)32)39(36,37)24-14-11-22(30)12-15-24/h4-5,9-16,19-21H,3,6-8,17-18H2,1-2H3. The summed E-state index contributed by atoms with van der Waals surface area (Å²) in [4.78, 5) is 14.3. The van der Waals surface area contributed by atoms with E-state index in [-0.39, 0.29) is 23.3 Å². The minimum Gasteiger partial charge on any atom is -0.491 e. The Labute approximate surface area is 233 Å². The van der Waals surface area contributed by atoms with Gasteiger partial charge in [0.25, 0.3) is 10.0 Å². The molecule has 10 heteroatoms. The van der Waals surface area contributed by atoms with E-state index in [0.717, 1.165) is 41.8 Å². The minimum absolute atomic E-state index is 0.0741. The van der Waals surface area contributed by atoms with Crippen molar-refractivity contribution in [2.24, 2.45) is 5.92 Å². The van der Waals surface area contributed by atoms with Crippen LogP contribution >= 0.6 is 11.6 Å². The van der Waals surface area contributed by atoms with Gasteiger partial charge in [0.15, 0.2) is 0 Å². The van der Waals surface area contributed by atoms with Crippen molar-refractivity contribution in [1.29, 1.82) is 0 Å². The molecule has 1 fully saturated rings. The molecule has 0 aliphatic heterocycles. The number of benzene rings is 3. The molecule has 0 bridgehead atoms. The Morgan fingerprint density at radius 2 is 1.77 bits per heavy atom. The van der Waals surface area contributed by atoms with Crippen molar-refractivity contribution >= 4 is 33.2 Å². The van der Waals surface area contributed by atoms with Gasteiger partial charge in [-0.25, -0.2) is 17.2 Å². The van der Waals surface area contributed by atoms with Crippen LogP contribution < -0.4 is 9.04 Å². The summed E-state index contributed by atoms with van der Waals surface area (Å²) in [6, 6.07) is 14.0. The van der Waals surface area contributed by atoms with E-state index in [1.165, 1.54) is 24.3 Å². The summed E-state index contributed by atoms with van der Waals surface area (Å²) in [7, 11) is -4.37. The Hall–Kier alpha value is -3.17. The summed E-state index contributed by atoms with van der Waals surface area (Å²) in [6.45, 7) is 4.62. The minimum atomic E-state index is -4.37. The molecular weight excluding hydrogens is 546 g/mol. The van der Waals surface area contributed by atoms with Crippen molar-refractivity contribution in [3.8, 4) is 5.75 Å². The normalized spacial score (nSPS) is 14.4. The molecule has 0 saturated heterocycles. The Kier molecular flexibility index (Phi) is 9.12. The fourth-order valence-electron chi connectivity index (χ4n) is 4.61. The molecule has 1 aliphatic carbocycles. The van der Waals surface area contributed by atoms with Gasteiger partial charge in [-0.3, -0.25) is 9.10 Å². The third kappa shape index (κ3) is 6.36. The molecule has 1 amide bonds. The molecule has 208 valence electrons. The van der Waals surface area contributed by atoms with Gasteiger partial charge in [0.2, 0.25) is 5.91 Å². The molecule has 4 rings (SSSR count). The van der Waals surface area contributed by atoms with Crippen molar-refractivity contribution in [2.75, 3.05) is 24.0 Å². The van der Waals surface area contributed by atoms with Gasteiger partial charge in [0, 0.05) is 29.1 Å². The number of carbonyl (C=O) groups is 1. The van der Waals surface area contributed by atoms with E-state index in [1.54, 1.807) is 36.1 Å². The Morgan fingerprint density at radius 3 is 2.41 bits per heavy atom. The molecule has 1 aliphatic rings. The fraction of sp³-hybridized carbons (Fsp3) is 0.345. The number of likely N-dealkylation sites (N-methyl/N-ethyl adjacent to an activating group) is 1. The van der Waals surface area contributed by atoms with Crippen LogP contribution in [-0.4, -0.2) is 38.9 Å². The van der Waals surface area contributed by atoms with E-state index in [2.05, 4.69) is 0 Å². The van der Waals surface area contributed by atoms with Crippen LogP contribution in [-0.2, 0) is 14.8 Å². The molecule has 1 atom stereocenters. The zero-order chi connectivity index (χ0) is 28.2. The number of nitrogens with zero attached hydrogens (tertiary/aromatic N) is 2. The highest BCUT2D eigenvalue weighted by Gasteiger charge is 2.34. The fourth-order valence-corrected chi connectivity index (χ4v) is 6.37. The highest BCUT2D eigenvalue weighted by atomic mass is 35.5. The first-order valence-electron chi connectivity index (χ1n) is 12.9. The van der Waals surface area contributed by atoms with Crippen molar-refractivity contribution in [1.82, 2.24) is 4.90 Å². The largest absolute Gasteiger partial charge is 0.491 e. The number of hydrogen-bond donors (Lipinski definition) is 0. The molecule has 3 aromatic carbocycles. The van der Waals surface area contributed by atoms with E-state index >= 15 is 4.39 Å². The predicted octanol–water partition coefficient (Wildman–Crippen LogP) is 6.60. The number of halogens is 3. The van der Waals surface area contributed by atoms with Gasteiger partial charge in [0.05, 0.1) is 23.2 Å². The lowest BCUT2D eigenvalue weighted by molar-refractivity contribution is -0.138. The maximum absolute atomic E-state index is 15.0. The lowest BCUT2D eigenvalue weighted by Crippen LogP contribution is -2.41. The van der Waals surface area contributed by atoms with Gasteiger partial charge in [-0.05, 0) is 69.2 Å². The second kappa shape index (κ2) is 12.3. The van der Waals surface area contributed by atoms with Crippen molar-refractivity contribution in [3.05, 3.63) is 89.0 Å². The first kappa shape index (κ1) is 28.8. The van der Waals surface area contributed by atoms with E-state index in [4.69, 9.17) is 16.3 Å². The van der Waals surface area contributed by atoms with E-state index < -0.39 is 33.4 Å². The third-order valence-electron chi connectivity index (χ3n) is 7.00. The summed E-state index contributed by atoms with van der Waals surface area (Å²) in [5, 5.41) is 0.334. The maximum Gasteiger partial charge on any atom is 0.264 e. The second-order valence-corrected chi connectivity index (χ2v) is 11.7. The van der Waals surface area contributed by atoms with Crippen molar-refractivity contribution in [3.63, 3.8) is 0 Å². The average molecular weight is 577 g/mol. The molecule has 0 N–H and O–H groups in total. The van der Waals surface area contributed by atoms with E-state index in [0.29, 0.717) is 29.4 Å². The number of carbonyl (C=O) groups excluding carboxylic acids is 1. The SMILES string of the molecule is CCN(CCOc1ccccc1C(C)N(c1cc(F)ccc1F)S(=O)(=O)c1ccc(Cl)cc1)C(=O)C1CCC1. The van der Waals surface area contributed by atoms with Gasteiger partial charge in [-0.15, -0.1) is 0 Å². The summed E-state index contributed by atoms with van der Waals surface area (Å²) in [5.41, 5.74) is 0.0163.